The van der Waals surface area contributed by atoms with E-state index in [0.29, 0.717) is 30.0 Å². The van der Waals surface area contributed by atoms with E-state index in [4.69, 9.17) is 9.47 Å². The van der Waals surface area contributed by atoms with Gasteiger partial charge in [-0.2, -0.15) is 0 Å². The fourth-order valence-corrected chi connectivity index (χ4v) is 2.71. The Labute approximate surface area is 163 Å². The van der Waals surface area contributed by atoms with Crippen molar-refractivity contribution in [3.63, 3.8) is 0 Å². The summed E-state index contributed by atoms with van der Waals surface area (Å²) in [5, 5.41) is 0. The second kappa shape index (κ2) is 10.3. The number of ether oxygens (including phenoxy) is 3. The molecule has 0 radical (unpaired) electrons. The molecule has 0 spiro atoms. The van der Waals surface area contributed by atoms with E-state index in [1.165, 1.54) is 33.5 Å². The molecule has 0 aliphatic heterocycles. The number of nitrogens with zero attached hydrogens (tertiary/aromatic N) is 1. The first-order valence-electron chi connectivity index (χ1n) is 8.81. The van der Waals surface area contributed by atoms with Gasteiger partial charge in [0.2, 0.25) is 0 Å². The van der Waals surface area contributed by atoms with Crippen LogP contribution >= 0.6 is 0 Å². The van der Waals surface area contributed by atoms with Gasteiger partial charge in [0.1, 0.15) is 5.82 Å². The predicted molar refractivity (Wildman–Crippen MR) is 102 cm³/mol. The standard InChI is InChI=1S/C21H24FNO5/c1-26-18-9-6-16(14-19(18)27-2)21(25)23(13-11-20(24)28-3)12-10-15-4-7-17(22)8-5-15/h4-9,14H,10-13H2,1-3H3. The van der Waals surface area contributed by atoms with Crippen LogP contribution in [0.15, 0.2) is 42.5 Å². The van der Waals surface area contributed by atoms with Crippen LogP contribution in [0.2, 0.25) is 0 Å². The van der Waals surface area contributed by atoms with E-state index < -0.39 is 5.97 Å². The number of hydrogen-bond donors (Lipinski definition) is 0. The van der Waals surface area contributed by atoms with Gasteiger partial charge in [0.15, 0.2) is 11.5 Å². The average molecular weight is 389 g/mol. The molecule has 2 rings (SSSR count). The van der Waals surface area contributed by atoms with Gasteiger partial charge in [0, 0.05) is 18.7 Å². The number of esters is 1. The summed E-state index contributed by atoms with van der Waals surface area (Å²) in [6.45, 7) is 0.580. The van der Waals surface area contributed by atoms with Gasteiger partial charge in [-0.3, -0.25) is 9.59 Å². The molecule has 6 nitrogen and oxygen atoms in total. The number of carbonyl (C=O) groups is 2. The second-order valence-corrected chi connectivity index (χ2v) is 6.06. The molecule has 0 aliphatic rings. The number of hydrogen-bond acceptors (Lipinski definition) is 5. The van der Waals surface area contributed by atoms with Crippen LogP contribution in [0.3, 0.4) is 0 Å². The Hall–Kier alpha value is -3.09. The van der Waals surface area contributed by atoms with Gasteiger partial charge in [-0.15, -0.1) is 0 Å². The summed E-state index contributed by atoms with van der Waals surface area (Å²) in [4.78, 5) is 26.1. The molecule has 0 bridgehead atoms. The first-order valence-corrected chi connectivity index (χ1v) is 8.81. The molecule has 150 valence electrons. The third kappa shape index (κ3) is 5.70. The highest BCUT2D eigenvalue weighted by atomic mass is 19.1. The molecule has 0 heterocycles. The highest BCUT2D eigenvalue weighted by molar-refractivity contribution is 5.95. The van der Waals surface area contributed by atoms with E-state index in [1.54, 1.807) is 35.2 Å². The molecular formula is C21H24FNO5. The Morgan fingerprint density at radius 1 is 0.929 bits per heavy atom. The number of amides is 1. The molecule has 0 fully saturated rings. The lowest BCUT2D eigenvalue weighted by molar-refractivity contribution is -0.140. The Morgan fingerprint density at radius 2 is 1.61 bits per heavy atom. The molecule has 0 atom stereocenters. The minimum atomic E-state index is -0.396. The largest absolute Gasteiger partial charge is 0.493 e. The fourth-order valence-electron chi connectivity index (χ4n) is 2.71. The molecule has 0 saturated heterocycles. The maximum absolute atomic E-state index is 13.1. The number of methoxy groups -OCH3 is 3. The Balaban J connectivity index is 2.17. The van der Waals surface area contributed by atoms with E-state index in [-0.39, 0.29) is 24.7 Å². The van der Waals surface area contributed by atoms with E-state index in [0.717, 1.165) is 5.56 Å². The van der Waals surface area contributed by atoms with Gasteiger partial charge < -0.3 is 19.1 Å². The summed E-state index contributed by atoms with van der Waals surface area (Å²) in [6.07, 6.45) is 0.611. The molecule has 2 aromatic carbocycles. The molecule has 0 unspecified atom stereocenters. The Kier molecular flexibility index (Phi) is 7.80. The van der Waals surface area contributed by atoms with Crippen molar-refractivity contribution in [2.45, 2.75) is 12.8 Å². The number of halogens is 1. The topological polar surface area (TPSA) is 65.1 Å². The zero-order valence-corrected chi connectivity index (χ0v) is 16.2. The van der Waals surface area contributed by atoms with Crippen LogP contribution in [0.25, 0.3) is 0 Å². The van der Waals surface area contributed by atoms with Crippen molar-refractivity contribution in [2.24, 2.45) is 0 Å². The normalized spacial score (nSPS) is 10.3. The quantitative estimate of drug-likeness (QED) is 0.617. The molecule has 0 saturated carbocycles. The molecule has 0 N–H and O–H groups in total. The van der Waals surface area contributed by atoms with Crippen LogP contribution in [-0.2, 0) is 16.0 Å². The molecule has 28 heavy (non-hydrogen) atoms. The second-order valence-electron chi connectivity index (χ2n) is 6.06. The summed E-state index contributed by atoms with van der Waals surface area (Å²) >= 11 is 0. The molecule has 1 amide bonds. The highest BCUT2D eigenvalue weighted by Gasteiger charge is 2.19. The molecule has 2 aromatic rings. The van der Waals surface area contributed by atoms with Crippen LogP contribution in [-0.4, -0.2) is 51.2 Å². The minimum Gasteiger partial charge on any atom is -0.493 e. The zero-order chi connectivity index (χ0) is 20.5. The smallest absolute Gasteiger partial charge is 0.307 e. The lowest BCUT2D eigenvalue weighted by Gasteiger charge is -2.23. The SMILES string of the molecule is COC(=O)CCN(CCc1ccc(F)cc1)C(=O)c1ccc(OC)c(OC)c1. The van der Waals surface area contributed by atoms with Crippen LogP contribution in [0.5, 0.6) is 11.5 Å². The lowest BCUT2D eigenvalue weighted by atomic mass is 10.1. The van der Waals surface area contributed by atoms with Gasteiger partial charge in [0.25, 0.3) is 5.91 Å². The molecule has 0 aromatic heterocycles. The van der Waals surface area contributed by atoms with Crippen LogP contribution in [0.1, 0.15) is 22.3 Å². The van der Waals surface area contributed by atoms with E-state index in [2.05, 4.69) is 4.74 Å². The third-order valence-corrected chi connectivity index (χ3v) is 4.31. The van der Waals surface area contributed by atoms with Crippen molar-refractivity contribution in [1.29, 1.82) is 0 Å². The van der Waals surface area contributed by atoms with Crippen molar-refractivity contribution >= 4 is 11.9 Å². The maximum atomic E-state index is 13.1. The summed E-state index contributed by atoms with van der Waals surface area (Å²) in [7, 11) is 4.32. The van der Waals surface area contributed by atoms with E-state index in [1.807, 2.05) is 0 Å². The number of benzene rings is 2. The number of rotatable bonds is 9. The predicted octanol–water partition coefficient (Wildman–Crippen LogP) is 3.09. The lowest BCUT2D eigenvalue weighted by Crippen LogP contribution is -2.35. The first kappa shape index (κ1) is 21.2. The van der Waals surface area contributed by atoms with Gasteiger partial charge in [-0.05, 0) is 42.3 Å². The molecular weight excluding hydrogens is 365 g/mol. The van der Waals surface area contributed by atoms with Crippen LogP contribution < -0.4 is 9.47 Å². The number of carbonyl (C=O) groups excluding carboxylic acids is 2. The van der Waals surface area contributed by atoms with Crippen LogP contribution in [0, 0.1) is 5.82 Å². The maximum Gasteiger partial charge on any atom is 0.307 e. The monoisotopic (exact) mass is 389 g/mol. The summed E-state index contributed by atoms with van der Waals surface area (Å²) < 4.78 is 28.2. The van der Waals surface area contributed by atoms with Crippen molar-refractivity contribution in [3.8, 4) is 11.5 Å². The first-order chi connectivity index (χ1) is 13.5. The van der Waals surface area contributed by atoms with Crippen molar-refractivity contribution in [3.05, 3.63) is 59.4 Å². The van der Waals surface area contributed by atoms with Gasteiger partial charge in [-0.1, -0.05) is 12.1 Å². The third-order valence-electron chi connectivity index (χ3n) is 4.31. The minimum absolute atomic E-state index is 0.0823. The van der Waals surface area contributed by atoms with E-state index in [9.17, 15) is 14.0 Å². The summed E-state index contributed by atoms with van der Waals surface area (Å²) in [5.41, 5.74) is 1.31. The summed E-state index contributed by atoms with van der Waals surface area (Å²) in [6, 6.07) is 11.0. The summed E-state index contributed by atoms with van der Waals surface area (Å²) in [5.74, 6) is 0.0119. The van der Waals surface area contributed by atoms with Gasteiger partial charge in [0.05, 0.1) is 27.8 Å². The molecule has 7 heteroatoms. The van der Waals surface area contributed by atoms with Crippen molar-refractivity contribution < 1.29 is 28.2 Å². The van der Waals surface area contributed by atoms with Crippen molar-refractivity contribution in [1.82, 2.24) is 4.90 Å². The van der Waals surface area contributed by atoms with E-state index >= 15 is 0 Å². The highest BCUT2D eigenvalue weighted by Crippen LogP contribution is 2.28. The average Bonchev–Trinajstić information content (AvgIpc) is 2.73. The Bertz CT molecular complexity index is 807. The molecule has 0 aliphatic carbocycles. The van der Waals surface area contributed by atoms with Gasteiger partial charge >= 0.3 is 5.97 Å². The van der Waals surface area contributed by atoms with Crippen molar-refractivity contribution in [2.75, 3.05) is 34.4 Å². The Morgan fingerprint density at radius 3 is 2.21 bits per heavy atom. The zero-order valence-electron chi connectivity index (χ0n) is 16.2. The van der Waals surface area contributed by atoms with Gasteiger partial charge in [-0.25, -0.2) is 4.39 Å². The fraction of sp³-hybridized carbons (Fsp3) is 0.333. The van der Waals surface area contributed by atoms with Crippen LogP contribution in [0.4, 0.5) is 4.39 Å².